The van der Waals surface area contributed by atoms with E-state index in [-0.39, 0.29) is 47.3 Å². The van der Waals surface area contributed by atoms with Crippen LogP contribution in [-0.4, -0.2) is 57.7 Å². The van der Waals surface area contributed by atoms with Gasteiger partial charge in [0.05, 0.1) is 17.3 Å². The summed E-state index contributed by atoms with van der Waals surface area (Å²) in [6.07, 6.45) is 1.06. The van der Waals surface area contributed by atoms with Gasteiger partial charge in [0.1, 0.15) is 5.82 Å². The Hall–Kier alpha value is -2.78. The number of rotatable bonds is 8. The van der Waals surface area contributed by atoms with Crippen molar-refractivity contribution in [1.29, 1.82) is 0 Å². The largest absolute Gasteiger partial charge is 0.384 e. The number of carbonyl (C=O) groups is 2. The molecule has 1 saturated heterocycles. The number of likely N-dealkylation sites (tertiary alicyclic amines) is 1. The molecule has 2 amide bonds. The third kappa shape index (κ3) is 6.39. The molecule has 0 aliphatic carbocycles. The van der Waals surface area contributed by atoms with E-state index in [2.05, 4.69) is 5.32 Å². The molecule has 1 fully saturated rings. The minimum absolute atomic E-state index is 0.103. The molecular formula is C24H29FN2O5S. The van der Waals surface area contributed by atoms with Crippen LogP contribution in [-0.2, 0) is 25.9 Å². The molecule has 1 aliphatic heterocycles. The molecule has 0 atom stereocenters. The van der Waals surface area contributed by atoms with Gasteiger partial charge in [-0.3, -0.25) is 9.59 Å². The fourth-order valence-corrected chi connectivity index (χ4v) is 4.90. The minimum Gasteiger partial charge on any atom is -0.384 e. The highest BCUT2D eigenvalue weighted by Gasteiger charge is 2.28. The fraction of sp³-hybridized carbons (Fsp3) is 0.417. The van der Waals surface area contributed by atoms with Crippen molar-refractivity contribution in [2.45, 2.75) is 31.2 Å². The van der Waals surface area contributed by atoms with Gasteiger partial charge in [0.15, 0.2) is 9.84 Å². The van der Waals surface area contributed by atoms with E-state index >= 15 is 0 Å². The van der Waals surface area contributed by atoms with E-state index in [1.54, 1.807) is 24.0 Å². The van der Waals surface area contributed by atoms with Crippen molar-refractivity contribution in [3.05, 3.63) is 65.0 Å². The SMILES string of the molecule is COCCS(=O)(=O)c1ccc(C(=O)N2CCC(C(=O)NCc3ccc(C)c(F)c3)CC2)cc1. The van der Waals surface area contributed by atoms with E-state index in [9.17, 15) is 22.4 Å². The highest BCUT2D eigenvalue weighted by molar-refractivity contribution is 7.91. The lowest BCUT2D eigenvalue weighted by Crippen LogP contribution is -2.42. The standard InChI is InChI=1S/C24H29FN2O5S/c1-17-3-4-18(15-22(17)25)16-26-23(28)19-9-11-27(12-10-19)24(29)20-5-7-21(8-6-20)33(30,31)14-13-32-2/h3-8,15,19H,9-14,16H2,1-2H3,(H,26,28). The van der Waals surface area contributed by atoms with Crippen LogP contribution >= 0.6 is 0 Å². The van der Waals surface area contributed by atoms with Gasteiger partial charge in [0.25, 0.3) is 5.91 Å². The van der Waals surface area contributed by atoms with Gasteiger partial charge in [0, 0.05) is 38.2 Å². The number of aryl methyl sites for hydroxylation is 1. The van der Waals surface area contributed by atoms with Gasteiger partial charge < -0.3 is 15.0 Å². The van der Waals surface area contributed by atoms with Crippen LogP contribution in [0.3, 0.4) is 0 Å². The smallest absolute Gasteiger partial charge is 0.253 e. The Morgan fingerprint density at radius 3 is 2.39 bits per heavy atom. The highest BCUT2D eigenvalue weighted by Crippen LogP contribution is 2.21. The Labute approximate surface area is 193 Å². The summed E-state index contributed by atoms with van der Waals surface area (Å²) >= 11 is 0. The number of sulfone groups is 1. The number of ether oxygens (including phenoxy) is 1. The van der Waals surface area contributed by atoms with Crippen molar-refractivity contribution in [3.8, 4) is 0 Å². The summed E-state index contributed by atoms with van der Waals surface area (Å²) in [4.78, 5) is 27.1. The van der Waals surface area contributed by atoms with Gasteiger partial charge >= 0.3 is 0 Å². The Balaban J connectivity index is 1.51. The van der Waals surface area contributed by atoms with E-state index in [1.165, 1.54) is 37.4 Å². The molecule has 7 nitrogen and oxygen atoms in total. The van der Waals surface area contributed by atoms with E-state index < -0.39 is 9.84 Å². The van der Waals surface area contributed by atoms with Crippen molar-refractivity contribution in [3.63, 3.8) is 0 Å². The number of nitrogens with zero attached hydrogens (tertiary/aromatic N) is 1. The molecule has 9 heteroatoms. The molecule has 2 aromatic rings. The number of hydrogen-bond donors (Lipinski definition) is 1. The van der Waals surface area contributed by atoms with Gasteiger partial charge in [-0.25, -0.2) is 12.8 Å². The third-order valence-electron chi connectivity index (χ3n) is 5.87. The number of methoxy groups -OCH3 is 1. The van der Waals surface area contributed by atoms with Gasteiger partial charge in [-0.05, 0) is 61.2 Å². The summed E-state index contributed by atoms with van der Waals surface area (Å²) in [6, 6.07) is 10.8. The number of amides is 2. The maximum absolute atomic E-state index is 13.7. The molecule has 0 bridgehead atoms. The Kier molecular flexibility index (Phi) is 8.20. The summed E-state index contributed by atoms with van der Waals surface area (Å²) < 4.78 is 42.9. The molecule has 0 spiro atoms. The van der Waals surface area contributed by atoms with Crippen molar-refractivity contribution in [1.82, 2.24) is 10.2 Å². The molecule has 0 aromatic heterocycles. The maximum Gasteiger partial charge on any atom is 0.253 e. The van der Waals surface area contributed by atoms with Crippen LogP contribution in [0.5, 0.6) is 0 Å². The summed E-state index contributed by atoms with van der Waals surface area (Å²) in [5.74, 6) is -0.920. The molecule has 0 unspecified atom stereocenters. The van der Waals surface area contributed by atoms with Crippen LogP contribution in [0.25, 0.3) is 0 Å². The first-order chi connectivity index (χ1) is 15.7. The van der Waals surface area contributed by atoms with Crippen LogP contribution in [0.15, 0.2) is 47.4 Å². The lowest BCUT2D eigenvalue weighted by Gasteiger charge is -2.31. The van der Waals surface area contributed by atoms with Crippen LogP contribution in [0.1, 0.15) is 34.3 Å². The number of benzene rings is 2. The van der Waals surface area contributed by atoms with Gasteiger partial charge in [-0.2, -0.15) is 0 Å². The van der Waals surface area contributed by atoms with Crippen molar-refractivity contribution in [2.75, 3.05) is 32.6 Å². The summed E-state index contributed by atoms with van der Waals surface area (Å²) in [5, 5.41) is 2.85. The first kappa shape index (κ1) is 24.9. The zero-order chi connectivity index (χ0) is 24.0. The van der Waals surface area contributed by atoms with E-state index in [4.69, 9.17) is 4.74 Å². The fourth-order valence-electron chi connectivity index (χ4n) is 3.72. The predicted molar refractivity (Wildman–Crippen MR) is 122 cm³/mol. The number of halogens is 1. The summed E-state index contributed by atoms with van der Waals surface area (Å²) in [6.45, 7) is 2.92. The van der Waals surface area contributed by atoms with Crippen LogP contribution in [0.2, 0.25) is 0 Å². The quantitative estimate of drug-likeness (QED) is 0.633. The molecular weight excluding hydrogens is 447 g/mol. The van der Waals surface area contributed by atoms with Crippen LogP contribution in [0.4, 0.5) is 4.39 Å². The molecule has 3 rings (SSSR count). The van der Waals surface area contributed by atoms with Crippen LogP contribution in [0, 0.1) is 18.7 Å². The molecule has 1 aliphatic rings. The average Bonchev–Trinajstić information content (AvgIpc) is 2.83. The Bertz CT molecular complexity index is 1090. The third-order valence-corrected chi connectivity index (χ3v) is 7.57. The van der Waals surface area contributed by atoms with Gasteiger partial charge in [-0.15, -0.1) is 0 Å². The second kappa shape index (κ2) is 10.9. The van der Waals surface area contributed by atoms with Crippen molar-refractivity contribution < 1.29 is 27.1 Å². The normalized spacial score (nSPS) is 14.8. The monoisotopic (exact) mass is 476 g/mol. The number of hydrogen-bond acceptors (Lipinski definition) is 5. The average molecular weight is 477 g/mol. The van der Waals surface area contributed by atoms with Crippen molar-refractivity contribution in [2.24, 2.45) is 5.92 Å². The van der Waals surface area contributed by atoms with E-state index in [0.717, 1.165) is 0 Å². The zero-order valence-electron chi connectivity index (χ0n) is 18.8. The second-order valence-electron chi connectivity index (χ2n) is 8.20. The Morgan fingerprint density at radius 2 is 1.79 bits per heavy atom. The van der Waals surface area contributed by atoms with Crippen LogP contribution < -0.4 is 5.32 Å². The highest BCUT2D eigenvalue weighted by atomic mass is 32.2. The molecule has 2 aromatic carbocycles. The maximum atomic E-state index is 13.7. The lowest BCUT2D eigenvalue weighted by atomic mass is 9.95. The Morgan fingerprint density at radius 1 is 1.12 bits per heavy atom. The number of carbonyl (C=O) groups excluding carboxylic acids is 2. The molecule has 1 heterocycles. The molecule has 0 saturated carbocycles. The molecule has 0 radical (unpaired) electrons. The van der Waals surface area contributed by atoms with Gasteiger partial charge in [-0.1, -0.05) is 12.1 Å². The first-order valence-corrected chi connectivity index (χ1v) is 12.5. The molecule has 178 valence electrons. The number of nitrogens with one attached hydrogen (secondary N) is 1. The number of piperidine rings is 1. The lowest BCUT2D eigenvalue weighted by molar-refractivity contribution is -0.126. The topological polar surface area (TPSA) is 92.8 Å². The predicted octanol–water partition coefficient (Wildman–Crippen LogP) is 2.72. The van der Waals surface area contributed by atoms with Crippen molar-refractivity contribution >= 4 is 21.7 Å². The summed E-state index contributed by atoms with van der Waals surface area (Å²) in [7, 11) is -2.01. The summed E-state index contributed by atoms with van der Waals surface area (Å²) in [5.41, 5.74) is 1.67. The zero-order valence-corrected chi connectivity index (χ0v) is 19.7. The second-order valence-corrected chi connectivity index (χ2v) is 10.3. The first-order valence-electron chi connectivity index (χ1n) is 10.8. The van der Waals surface area contributed by atoms with E-state index in [0.29, 0.717) is 42.6 Å². The van der Waals surface area contributed by atoms with Gasteiger partial charge in [0.2, 0.25) is 5.91 Å². The van der Waals surface area contributed by atoms with E-state index in [1.807, 2.05) is 0 Å². The molecule has 1 N–H and O–H groups in total. The minimum atomic E-state index is -3.45. The molecule has 33 heavy (non-hydrogen) atoms.